The van der Waals surface area contributed by atoms with Crippen LogP contribution in [0.25, 0.3) is 0 Å². The first-order valence-corrected chi connectivity index (χ1v) is 6.05. The van der Waals surface area contributed by atoms with Crippen LogP contribution in [0.4, 0.5) is 5.95 Å². The maximum absolute atomic E-state index is 11.9. The number of carbonyl (C=O) groups is 2. The molecule has 2 N–H and O–H groups in total. The number of tetrazole rings is 1. The molecule has 1 aromatic heterocycles. The van der Waals surface area contributed by atoms with Gasteiger partial charge in [-0.05, 0) is 16.8 Å². The number of aromatic amines is 1. The Morgan fingerprint density at radius 1 is 1.45 bits per heavy atom. The lowest BCUT2D eigenvalue weighted by molar-refractivity contribution is -0.136. The molecule has 1 atom stereocenters. The zero-order valence-electron chi connectivity index (χ0n) is 10.4. The zero-order valence-corrected chi connectivity index (χ0v) is 10.4. The van der Waals surface area contributed by atoms with Gasteiger partial charge in [-0.2, -0.15) is 5.21 Å². The summed E-state index contributed by atoms with van der Waals surface area (Å²) in [5, 5.41) is 15.4. The standard InChI is InChI=1S/C12H11N5O3/c18-10(13-12-14-16-17-15-12)5-7-6-11(19)20-9-4-2-1-3-8(7)9/h1-4,7H,5-6H2,(H2,13,14,15,16,17,18). The highest BCUT2D eigenvalue weighted by molar-refractivity contribution is 5.90. The highest BCUT2D eigenvalue weighted by Gasteiger charge is 2.28. The van der Waals surface area contributed by atoms with E-state index in [1.807, 2.05) is 12.1 Å². The van der Waals surface area contributed by atoms with Crippen LogP contribution in [0.15, 0.2) is 24.3 Å². The number of benzene rings is 1. The van der Waals surface area contributed by atoms with E-state index < -0.39 is 0 Å². The van der Waals surface area contributed by atoms with Crippen molar-refractivity contribution in [3.8, 4) is 5.75 Å². The Kier molecular flexibility index (Phi) is 3.12. The number of amides is 1. The molecule has 8 nitrogen and oxygen atoms in total. The van der Waals surface area contributed by atoms with Crippen LogP contribution < -0.4 is 10.1 Å². The molecule has 1 aliphatic rings. The van der Waals surface area contributed by atoms with Crippen LogP contribution in [-0.2, 0) is 9.59 Å². The lowest BCUT2D eigenvalue weighted by Crippen LogP contribution is -2.24. The molecule has 0 spiro atoms. The predicted octanol–water partition coefficient (Wildman–Crippen LogP) is 0.621. The molecule has 8 heteroatoms. The number of rotatable bonds is 3. The molecule has 2 heterocycles. The minimum absolute atomic E-state index is 0.113. The van der Waals surface area contributed by atoms with E-state index in [1.165, 1.54) is 0 Å². The molecule has 0 radical (unpaired) electrons. The van der Waals surface area contributed by atoms with Crippen LogP contribution in [0.5, 0.6) is 5.75 Å². The van der Waals surface area contributed by atoms with Gasteiger partial charge in [-0.15, -0.1) is 5.10 Å². The second-order valence-electron chi connectivity index (χ2n) is 4.40. The van der Waals surface area contributed by atoms with Crippen LogP contribution >= 0.6 is 0 Å². The third-order valence-corrected chi connectivity index (χ3v) is 3.02. The molecule has 2 aromatic rings. The summed E-state index contributed by atoms with van der Waals surface area (Å²) in [7, 11) is 0. The summed E-state index contributed by atoms with van der Waals surface area (Å²) in [6.45, 7) is 0. The second kappa shape index (κ2) is 5.08. The number of nitrogens with zero attached hydrogens (tertiary/aromatic N) is 3. The normalized spacial score (nSPS) is 17.2. The minimum Gasteiger partial charge on any atom is -0.426 e. The van der Waals surface area contributed by atoms with E-state index in [9.17, 15) is 9.59 Å². The average molecular weight is 273 g/mol. The van der Waals surface area contributed by atoms with E-state index in [1.54, 1.807) is 12.1 Å². The molecule has 0 saturated heterocycles. The number of nitrogens with one attached hydrogen (secondary N) is 2. The number of ether oxygens (including phenoxy) is 1. The van der Waals surface area contributed by atoms with Gasteiger partial charge < -0.3 is 4.74 Å². The number of aromatic nitrogens is 4. The van der Waals surface area contributed by atoms with E-state index in [0.717, 1.165) is 5.56 Å². The van der Waals surface area contributed by atoms with Crippen molar-refractivity contribution in [1.29, 1.82) is 0 Å². The maximum Gasteiger partial charge on any atom is 0.311 e. The number of hydrogen-bond acceptors (Lipinski definition) is 6. The van der Waals surface area contributed by atoms with Crippen molar-refractivity contribution in [2.45, 2.75) is 18.8 Å². The number of carbonyl (C=O) groups excluding carboxylic acids is 2. The van der Waals surface area contributed by atoms with Crippen molar-refractivity contribution in [2.24, 2.45) is 0 Å². The molecule has 20 heavy (non-hydrogen) atoms. The largest absolute Gasteiger partial charge is 0.426 e. The molecule has 0 fully saturated rings. The van der Waals surface area contributed by atoms with Crippen molar-refractivity contribution in [3.63, 3.8) is 0 Å². The van der Waals surface area contributed by atoms with E-state index in [2.05, 4.69) is 25.9 Å². The fourth-order valence-electron chi connectivity index (χ4n) is 2.18. The third-order valence-electron chi connectivity index (χ3n) is 3.02. The topological polar surface area (TPSA) is 110 Å². The molecule has 1 amide bonds. The summed E-state index contributed by atoms with van der Waals surface area (Å²) >= 11 is 0. The quantitative estimate of drug-likeness (QED) is 0.626. The summed E-state index contributed by atoms with van der Waals surface area (Å²) in [5.74, 6) is -0.191. The fourth-order valence-corrected chi connectivity index (χ4v) is 2.18. The molecular formula is C12H11N5O3. The van der Waals surface area contributed by atoms with E-state index in [0.29, 0.717) is 5.75 Å². The molecule has 3 rings (SSSR count). The fraction of sp³-hybridized carbons (Fsp3) is 0.250. The molecule has 1 aliphatic heterocycles. The van der Waals surface area contributed by atoms with Crippen LogP contribution in [0.1, 0.15) is 24.3 Å². The van der Waals surface area contributed by atoms with E-state index in [4.69, 9.17) is 4.74 Å². The number of anilines is 1. The molecule has 0 aliphatic carbocycles. The van der Waals surface area contributed by atoms with Gasteiger partial charge >= 0.3 is 5.97 Å². The van der Waals surface area contributed by atoms with Gasteiger partial charge in [0.05, 0.1) is 6.42 Å². The van der Waals surface area contributed by atoms with Crippen molar-refractivity contribution in [1.82, 2.24) is 20.6 Å². The first kappa shape index (κ1) is 12.3. The third kappa shape index (κ3) is 2.48. The number of esters is 1. The summed E-state index contributed by atoms with van der Waals surface area (Å²) < 4.78 is 5.14. The molecular weight excluding hydrogens is 262 g/mol. The number of H-pyrrole nitrogens is 1. The van der Waals surface area contributed by atoms with Crippen molar-refractivity contribution in [3.05, 3.63) is 29.8 Å². The highest BCUT2D eigenvalue weighted by Crippen LogP contribution is 2.36. The van der Waals surface area contributed by atoms with Gasteiger partial charge in [0.15, 0.2) is 0 Å². The van der Waals surface area contributed by atoms with Gasteiger partial charge in [0.1, 0.15) is 5.75 Å². The van der Waals surface area contributed by atoms with Crippen LogP contribution in [0, 0.1) is 0 Å². The Bertz CT molecular complexity index is 640. The van der Waals surface area contributed by atoms with Gasteiger partial charge in [0.2, 0.25) is 5.91 Å². The first-order chi connectivity index (χ1) is 9.72. The predicted molar refractivity (Wildman–Crippen MR) is 66.9 cm³/mol. The summed E-state index contributed by atoms with van der Waals surface area (Å²) in [6.07, 6.45) is 0.331. The minimum atomic E-state index is -0.332. The van der Waals surface area contributed by atoms with E-state index in [-0.39, 0.29) is 36.6 Å². The molecule has 102 valence electrons. The number of para-hydroxylation sites is 1. The van der Waals surface area contributed by atoms with Crippen molar-refractivity contribution in [2.75, 3.05) is 5.32 Å². The number of fused-ring (bicyclic) bond motifs is 1. The van der Waals surface area contributed by atoms with Crippen molar-refractivity contribution >= 4 is 17.8 Å². The Morgan fingerprint density at radius 3 is 3.10 bits per heavy atom. The zero-order chi connectivity index (χ0) is 13.9. The van der Waals surface area contributed by atoms with Gasteiger partial charge in [-0.25, -0.2) is 0 Å². The summed E-state index contributed by atoms with van der Waals surface area (Å²) in [5.41, 5.74) is 0.857. The van der Waals surface area contributed by atoms with Crippen molar-refractivity contribution < 1.29 is 14.3 Å². The summed E-state index contributed by atoms with van der Waals surface area (Å²) in [4.78, 5) is 23.5. The van der Waals surface area contributed by atoms with Crippen LogP contribution in [0.3, 0.4) is 0 Å². The van der Waals surface area contributed by atoms with Gasteiger partial charge in [-0.3, -0.25) is 14.9 Å². The lowest BCUT2D eigenvalue weighted by atomic mass is 9.90. The Morgan fingerprint density at radius 2 is 2.30 bits per heavy atom. The van der Waals surface area contributed by atoms with E-state index >= 15 is 0 Å². The number of hydrogen-bond donors (Lipinski definition) is 2. The average Bonchev–Trinajstić information content (AvgIpc) is 2.91. The Hall–Kier alpha value is -2.77. The van der Waals surface area contributed by atoms with Gasteiger partial charge in [0, 0.05) is 12.3 Å². The van der Waals surface area contributed by atoms with Crippen LogP contribution in [0.2, 0.25) is 0 Å². The van der Waals surface area contributed by atoms with Gasteiger partial charge in [-0.1, -0.05) is 23.3 Å². The highest BCUT2D eigenvalue weighted by atomic mass is 16.5. The second-order valence-corrected chi connectivity index (χ2v) is 4.40. The molecule has 1 unspecified atom stereocenters. The SMILES string of the molecule is O=C(CC1CC(=O)Oc2ccccc21)Nc1nn[nH]n1. The smallest absolute Gasteiger partial charge is 0.311 e. The molecule has 0 saturated carbocycles. The maximum atomic E-state index is 11.9. The first-order valence-electron chi connectivity index (χ1n) is 6.05. The Balaban J connectivity index is 1.74. The molecule has 0 bridgehead atoms. The summed E-state index contributed by atoms with van der Waals surface area (Å²) in [6, 6.07) is 7.21. The Labute approximate surface area is 113 Å². The van der Waals surface area contributed by atoms with Gasteiger partial charge in [0.25, 0.3) is 5.95 Å². The lowest BCUT2D eigenvalue weighted by Gasteiger charge is -2.23. The van der Waals surface area contributed by atoms with Crippen LogP contribution in [-0.4, -0.2) is 32.5 Å². The monoisotopic (exact) mass is 273 g/mol. The molecule has 1 aromatic carbocycles.